The predicted octanol–water partition coefficient (Wildman–Crippen LogP) is -0.634. The first-order valence-corrected chi connectivity index (χ1v) is 6.27. The lowest BCUT2D eigenvalue weighted by Crippen LogP contribution is -2.41. The standard InChI is InChI=1S/C12H22O7/c1-3-10(15)18-6-5-8(13)12(17)9(14)7-19-11(16)4-2/h8-9,12-14,17H,3-7H2,1-2H3. The number of aliphatic hydroxyl groups excluding tert-OH is 3. The Morgan fingerprint density at radius 3 is 2.00 bits per heavy atom. The van der Waals surface area contributed by atoms with Gasteiger partial charge in [-0.2, -0.15) is 0 Å². The van der Waals surface area contributed by atoms with Gasteiger partial charge in [0.2, 0.25) is 0 Å². The number of hydrogen-bond donors (Lipinski definition) is 3. The average molecular weight is 278 g/mol. The smallest absolute Gasteiger partial charge is 0.305 e. The summed E-state index contributed by atoms with van der Waals surface area (Å²) in [6.07, 6.45) is -3.73. The van der Waals surface area contributed by atoms with E-state index in [0.29, 0.717) is 0 Å². The predicted molar refractivity (Wildman–Crippen MR) is 65.1 cm³/mol. The van der Waals surface area contributed by atoms with Crippen LogP contribution in [-0.4, -0.2) is 58.8 Å². The van der Waals surface area contributed by atoms with Crippen LogP contribution in [-0.2, 0) is 19.1 Å². The Morgan fingerprint density at radius 1 is 0.947 bits per heavy atom. The molecule has 0 heterocycles. The van der Waals surface area contributed by atoms with Crippen LogP contribution in [0.5, 0.6) is 0 Å². The third kappa shape index (κ3) is 7.76. The molecule has 0 saturated heterocycles. The molecule has 7 nitrogen and oxygen atoms in total. The van der Waals surface area contributed by atoms with Gasteiger partial charge in [0.1, 0.15) is 18.8 Å². The van der Waals surface area contributed by atoms with Crippen molar-refractivity contribution in [3.05, 3.63) is 0 Å². The van der Waals surface area contributed by atoms with E-state index in [9.17, 15) is 24.9 Å². The maximum absolute atomic E-state index is 10.9. The van der Waals surface area contributed by atoms with Gasteiger partial charge < -0.3 is 24.8 Å². The molecule has 0 bridgehead atoms. The highest BCUT2D eigenvalue weighted by Gasteiger charge is 2.25. The van der Waals surface area contributed by atoms with Gasteiger partial charge in [-0.05, 0) is 0 Å². The number of carbonyl (C=O) groups is 2. The molecule has 0 amide bonds. The molecule has 0 rings (SSSR count). The fourth-order valence-corrected chi connectivity index (χ4v) is 1.20. The molecule has 19 heavy (non-hydrogen) atoms. The van der Waals surface area contributed by atoms with Crippen molar-refractivity contribution in [1.29, 1.82) is 0 Å². The lowest BCUT2D eigenvalue weighted by molar-refractivity contribution is -0.153. The highest BCUT2D eigenvalue weighted by Crippen LogP contribution is 2.06. The molecule has 0 aromatic rings. The second-order valence-electron chi connectivity index (χ2n) is 4.02. The lowest BCUT2D eigenvalue weighted by atomic mass is 10.1. The second-order valence-corrected chi connectivity index (χ2v) is 4.02. The van der Waals surface area contributed by atoms with Crippen molar-refractivity contribution in [2.45, 2.75) is 51.4 Å². The highest BCUT2D eigenvalue weighted by molar-refractivity contribution is 5.69. The van der Waals surface area contributed by atoms with Gasteiger partial charge in [-0.3, -0.25) is 9.59 Å². The molecule has 0 spiro atoms. The monoisotopic (exact) mass is 278 g/mol. The Balaban J connectivity index is 3.93. The Bertz CT molecular complexity index is 279. The zero-order valence-electron chi connectivity index (χ0n) is 11.2. The molecule has 3 atom stereocenters. The third-order valence-electron chi connectivity index (χ3n) is 2.46. The SMILES string of the molecule is CCC(=O)OCCC(O)C(O)C(O)COC(=O)CC. The summed E-state index contributed by atoms with van der Waals surface area (Å²) in [4.78, 5) is 21.7. The normalized spacial score (nSPS) is 15.4. The van der Waals surface area contributed by atoms with Crippen LogP contribution < -0.4 is 0 Å². The minimum atomic E-state index is -1.47. The minimum Gasteiger partial charge on any atom is -0.466 e. The molecule has 0 saturated carbocycles. The van der Waals surface area contributed by atoms with Crippen LogP contribution in [0.2, 0.25) is 0 Å². The molecular formula is C12H22O7. The molecule has 0 aliphatic carbocycles. The number of hydrogen-bond acceptors (Lipinski definition) is 7. The van der Waals surface area contributed by atoms with Gasteiger partial charge >= 0.3 is 11.9 Å². The number of esters is 2. The Labute approximate surface area is 112 Å². The molecular weight excluding hydrogens is 256 g/mol. The summed E-state index contributed by atoms with van der Waals surface area (Å²) < 4.78 is 9.37. The first kappa shape index (κ1) is 17.8. The fraction of sp³-hybridized carbons (Fsp3) is 0.833. The van der Waals surface area contributed by atoms with Crippen LogP contribution in [0.3, 0.4) is 0 Å². The third-order valence-corrected chi connectivity index (χ3v) is 2.46. The molecule has 3 unspecified atom stereocenters. The maximum atomic E-state index is 10.9. The molecule has 7 heteroatoms. The van der Waals surface area contributed by atoms with Crippen molar-refractivity contribution in [1.82, 2.24) is 0 Å². The van der Waals surface area contributed by atoms with E-state index >= 15 is 0 Å². The van der Waals surface area contributed by atoms with Crippen molar-refractivity contribution in [2.24, 2.45) is 0 Å². The first-order chi connectivity index (χ1) is 8.92. The highest BCUT2D eigenvalue weighted by atomic mass is 16.5. The topological polar surface area (TPSA) is 113 Å². The molecule has 3 N–H and O–H groups in total. The van der Waals surface area contributed by atoms with E-state index < -0.39 is 30.3 Å². The van der Waals surface area contributed by atoms with E-state index in [1.807, 2.05) is 0 Å². The lowest BCUT2D eigenvalue weighted by Gasteiger charge is -2.22. The van der Waals surface area contributed by atoms with Crippen LogP contribution in [0.4, 0.5) is 0 Å². The molecule has 0 aliphatic heterocycles. The van der Waals surface area contributed by atoms with E-state index in [4.69, 9.17) is 4.74 Å². The summed E-state index contributed by atoms with van der Waals surface area (Å²) in [6.45, 7) is 2.80. The number of aliphatic hydroxyl groups is 3. The summed E-state index contributed by atoms with van der Waals surface area (Å²) in [6, 6.07) is 0. The van der Waals surface area contributed by atoms with Gasteiger partial charge in [0, 0.05) is 19.3 Å². The second kappa shape index (κ2) is 9.71. The summed E-state index contributed by atoms with van der Waals surface area (Å²) in [5.74, 6) is -0.906. The van der Waals surface area contributed by atoms with E-state index in [1.54, 1.807) is 13.8 Å². The summed E-state index contributed by atoms with van der Waals surface area (Å²) in [5.41, 5.74) is 0. The van der Waals surface area contributed by atoms with Gasteiger partial charge in [0.05, 0.1) is 12.7 Å². The van der Waals surface area contributed by atoms with E-state index in [1.165, 1.54) is 0 Å². The summed E-state index contributed by atoms with van der Waals surface area (Å²) in [7, 11) is 0. The van der Waals surface area contributed by atoms with Crippen molar-refractivity contribution < 1.29 is 34.4 Å². The van der Waals surface area contributed by atoms with E-state index in [-0.39, 0.29) is 32.5 Å². The minimum absolute atomic E-state index is 0.00824. The molecule has 0 aromatic carbocycles. The summed E-state index contributed by atoms with van der Waals surface area (Å²) >= 11 is 0. The molecule has 112 valence electrons. The largest absolute Gasteiger partial charge is 0.466 e. The van der Waals surface area contributed by atoms with Crippen molar-refractivity contribution in [3.8, 4) is 0 Å². The van der Waals surface area contributed by atoms with E-state index in [0.717, 1.165) is 0 Å². The van der Waals surface area contributed by atoms with Gasteiger partial charge in [-0.25, -0.2) is 0 Å². The van der Waals surface area contributed by atoms with Crippen LogP contribution in [0.1, 0.15) is 33.1 Å². The fourth-order valence-electron chi connectivity index (χ4n) is 1.20. The number of rotatable bonds is 9. The van der Waals surface area contributed by atoms with Crippen molar-refractivity contribution in [3.63, 3.8) is 0 Å². The zero-order chi connectivity index (χ0) is 14.8. The Morgan fingerprint density at radius 2 is 1.47 bits per heavy atom. The Hall–Kier alpha value is -1.18. The van der Waals surface area contributed by atoms with Gasteiger partial charge in [-0.1, -0.05) is 13.8 Å². The van der Waals surface area contributed by atoms with Crippen LogP contribution >= 0.6 is 0 Å². The van der Waals surface area contributed by atoms with E-state index in [2.05, 4.69) is 4.74 Å². The summed E-state index contributed by atoms with van der Waals surface area (Å²) in [5, 5.41) is 28.6. The van der Waals surface area contributed by atoms with Crippen molar-refractivity contribution >= 4 is 11.9 Å². The zero-order valence-corrected chi connectivity index (χ0v) is 11.2. The maximum Gasteiger partial charge on any atom is 0.305 e. The van der Waals surface area contributed by atoms with Gasteiger partial charge in [-0.15, -0.1) is 0 Å². The molecule has 0 radical (unpaired) electrons. The van der Waals surface area contributed by atoms with Crippen LogP contribution in [0, 0.1) is 0 Å². The van der Waals surface area contributed by atoms with Crippen LogP contribution in [0.25, 0.3) is 0 Å². The number of ether oxygens (including phenoxy) is 2. The van der Waals surface area contributed by atoms with Crippen molar-refractivity contribution in [2.75, 3.05) is 13.2 Å². The first-order valence-electron chi connectivity index (χ1n) is 6.27. The quantitative estimate of drug-likeness (QED) is 0.481. The molecule has 0 aliphatic rings. The average Bonchev–Trinajstić information content (AvgIpc) is 2.42. The Kier molecular flexibility index (Phi) is 9.11. The van der Waals surface area contributed by atoms with Crippen LogP contribution in [0.15, 0.2) is 0 Å². The van der Waals surface area contributed by atoms with Gasteiger partial charge in [0.15, 0.2) is 0 Å². The molecule has 0 fully saturated rings. The molecule has 0 aromatic heterocycles. The number of carbonyl (C=O) groups excluding carboxylic acids is 2. The van der Waals surface area contributed by atoms with Gasteiger partial charge in [0.25, 0.3) is 0 Å².